The normalized spacial score (nSPS) is 12.0. The predicted molar refractivity (Wildman–Crippen MR) is 129 cm³/mol. The lowest BCUT2D eigenvalue weighted by Gasteiger charge is -2.25. The molecule has 0 atom stereocenters. The zero-order valence-electron chi connectivity index (χ0n) is 19.4. The average molecular weight is 527 g/mol. The number of aromatic nitrogens is 1. The van der Waals surface area contributed by atoms with Gasteiger partial charge < -0.3 is 4.90 Å². The van der Waals surface area contributed by atoms with Gasteiger partial charge in [-0.2, -0.15) is 13.2 Å². The van der Waals surface area contributed by atoms with Gasteiger partial charge in [0.05, 0.1) is 5.02 Å². The number of nitrogens with zero attached hydrogens (tertiary/aromatic N) is 2. The van der Waals surface area contributed by atoms with Crippen molar-refractivity contribution in [2.45, 2.75) is 45.3 Å². The molecule has 0 fully saturated rings. The Morgan fingerprint density at radius 1 is 0.943 bits per heavy atom. The minimum absolute atomic E-state index is 0.0473. The number of alkyl halides is 3. The molecule has 9 heteroatoms. The summed E-state index contributed by atoms with van der Waals surface area (Å²) in [4.78, 5) is 18.1. The molecule has 0 radical (unpaired) electrons. The summed E-state index contributed by atoms with van der Waals surface area (Å²) in [5.41, 5.74) is 1.07. The van der Waals surface area contributed by atoms with Crippen molar-refractivity contribution >= 4 is 29.1 Å². The highest BCUT2D eigenvalue weighted by Crippen LogP contribution is 2.30. The van der Waals surface area contributed by atoms with Gasteiger partial charge in [0, 0.05) is 18.7 Å². The van der Waals surface area contributed by atoms with Crippen molar-refractivity contribution in [2.75, 3.05) is 6.54 Å². The Morgan fingerprint density at radius 3 is 2.14 bits per heavy atom. The van der Waals surface area contributed by atoms with Gasteiger partial charge in [0.2, 0.25) is 0 Å². The van der Waals surface area contributed by atoms with Crippen molar-refractivity contribution in [3.63, 3.8) is 0 Å². The number of carbonyl (C=O) groups is 1. The molecule has 0 saturated carbocycles. The van der Waals surface area contributed by atoms with Gasteiger partial charge >= 0.3 is 6.18 Å². The van der Waals surface area contributed by atoms with Crippen LogP contribution < -0.4 is 0 Å². The smallest absolute Gasteiger partial charge is 0.334 e. The van der Waals surface area contributed by atoms with Crippen LogP contribution in [0.15, 0.2) is 54.6 Å². The Kier molecular flexibility index (Phi) is 8.12. The van der Waals surface area contributed by atoms with E-state index in [1.165, 1.54) is 17.0 Å². The van der Waals surface area contributed by atoms with E-state index in [1.54, 1.807) is 6.07 Å². The Labute approximate surface area is 211 Å². The van der Waals surface area contributed by atoms with Gasteiger partial charge in [0.25, 0.3) is 5.91 Å². The largest absolute Gasteiger partial charge is 0.433 e. The molecular formula is C26H24Cl2F4N2O. The molecular weight excluding hydrogens is 503 g/mol. The van der Waals surface area contributed by atoms with E-state index in [9.17, 15) is 22.4 Å². The first-order valence-electron chi connectivity index (χ1n) is 10.8. The Morgan fingerprint density at radius 2 is 1.57 bits per heavy atom. The van der Waals surface area contributed by atoms with Crippen molar-refractivity contribution in [3.8, 4) is 0 Å². The number of hydrogen-bond acceptors (Lipinski definition) is 2. The van der Waals surface area contributed by atoms with E-state index in [0.29, 0.717) is 18.1 Å². The molecule has 0 unspecified atom stereocenters. The fraction of sp³-hybridized carbons (Fsp3) is 0.308. The first kappa shape index (κ1) is 27.0. The maximum atomic E-state index is 13.5. The lowest BCUT2D eigenvalue weighted by molar-refractivity contribution is -0.141. The van der Waals surface area contributed by atoms with Crippen molar-refractivity contribution < 1.29 is 22.4 Å². The number of carbonyl (C=O) groups excluding carboxylic acids is 1. The van der Waals surface area contributed by atoms with Gasteiger partial charge in [-0.15, -0.1) is 0 Å². The van der Waals surface area contributed by atoms with Gasteiger partial charge in [0.1, 0.15) is 16.7 Å². The molecule has 1 heterocycles. The summed E-state index contributed by atoms with van der Waals surface area (Å²) in [5.74, 6) is -1.19. The van der Waals surface area contributed by atoms with E-state index in [0.717, 1.165) is 17.2 Å². The molecule has 0 bridgehead atoms. The lowest BCUT2D eigenvalue weighted by atomic mass is 9.87. The summed E-state index contributed by atoms with van der Waals surface area (Å²) < 4.78 is 53.2. The molecule has 3 aromatic rings. The summed E-state index contributed by atoms with van der Waals surface area (Å²) in [6.07, 6.45) is -4.44. The number of halogens is 6. The summed E-state index contributed by atoms with van der Waals surface area (Å²) in [5, 5.41) is -0.475. The standard InChI is InChI=1S/C26H24Cl2F4N2O/c1-25(2,3)19-7-4-17(5-8-19)15-34(11-10-16-6-9-21(29)20(27)12-16)24(35)18-13-22(26(30,31)32)33-23(28)14-18/h4-9,12-14H,10-11,15H2,1-3H3. The molecule has 0 N–H and O–H groups in total. The molecule has 0 aliphatic carbocycles. The molecule has 1 aromatic heterocycles. The number of rotatable bonds is 6. The van der Waals surface area contributed by atoms with Crippen LogP contribution in [0.2, 0.25) is 10.2 Å². The van der Waals surface area contributed by atoms with Crippen LogP contribution in [-0.2, 0) is 24.6 Å². The van der Waals surface area contributed by atoms with Crippen LogP contribution in [0.1, 0.15) is 53.5 Å². The van der Waals surface area contributed by atoms with Crippen molar-refractivity contribution in [2.24, 2.45) is 0 Å². The van der Waals surface area contributed by atoms with E-state index in [2.05, 4.69) is 25.8 Å². The second kappa shape index (κ2) is 10.5. The zero-order chi connectivity index (χ0) is 26.0. The average Bonchev–Trinajstić information content (AvgIpc) is 2.77. The summed E-state index contributed by atoms with van der Waals surface area (Å²) in [6.45, 7) is 6.55. The highest BCUT2D eigenvalue weighted by Gasteiger charge is 2.34. The van der Waals surface area contributed by atoms with Crippen LogP contribution in [0.25, 0.3) is 0 Å². The maximum absolute atomic E-state index is 13.5. The molecule has 186 valence electrons. The zero-order valence-corrected chi connectivity index (χ0v) is 20.9. The topological polar surface area (TPSA) is 33.2 Å². The molecule has 0 spiro atoms. The summed E-state index contributed by atoms with van der Waals surface area (Å²) in [6, 6.07) is 13.7. The van der Waals surface area contributed by atoms with Gasteiger partial charge in [-0.3, -0.25) is 4.79 Å². The van der Waals surface area contributed by atoms with Crippen molar-refractivity contribution in [1.29, 1.82) is 0 Å². The molecule has 1 amide bonds. The Bertz CT molecular complexity index is 1210. The maximum Gasteiger partial charge on any atom is 0.433 e. The van der Waals surface area contributed by atoms with E-state index in [4.69, 9.17) is 23.2 Å². The van der Waals surface area contributed by atoms with Crippen LogP contribution in [0.5, 0.6) is 0 Å². The summed E-state index contributed by atoms with van der Waals surface area (Å²) in [7, 11) is 0. The SMILES string of the molecule is CC(C)(C)c1ccc(CN(CCc2ccc(F)c(Cl)c2)C(=O)c2cc(Cl)nc(C(F)(F)F)c2)cc1. The van der Waals surface area contributed by atoms with Crippen LogP contribution in [-0.4, -0.2) is 22.3 Å². The van der Waals surface area contributed by atoms with Crippen molar-refractivity contribution in [3.05, 3.63) is 98.5 Å². The molecule has 0 saturated heterocycles. The quantitative estimate of drug-likeness (QED) is 0.243. The highest BCUT2D eigenvalue weighted by atomic mass is 35.5. The second-order valence-corrected chi connectivity index (χ2v) is 10.0. The van der Waals surface area contributed by atoms with Gasteiger partial charge in [-0.25, -0.2) is 9.37 Å². The number of hydrogen-bond donors (Lipinski definition) is 0. The second-order valence-electron chi connectivity index (χ2n) is 9.23. The Hall–Kier alpha value is -2.64. The predicted octanol–water partition coefficient (Wildman–Crippen LogP) is 7.73. The van der Waals surface area contributed by atoms with Crippen LogP contribution in [0.4, 0.5) is 17.6 Å². The van der Waals surface area contributed by atoms with Gasteiger partial charge in [-0.1, -0.05) is 74.3 Å². The molecule has 3 nitrogen and oxygen atoms in total. The number of amides is 1. The third kappa shape index (κ3) is 7.18. The lowest BCUT2D eigenvalue weighted by Crippen LogP contribution is -2.33. The molecule has 0 aliphatic heterocycles. The minimum Gasteiger partial charge on any atom is -0.334 e. The van der Waals surface area contributed by atoms with E-state index >= 15 is 0 Å². The summed E-state index contributed by atoms with van der Waals surface area (Å²) >= 11 is 11.7. The number of pyridine rings is 1. The highest BCUT2D eigenvalue weighted by molar-refractivity contribution is 6.30. The van der Waals surface area contributed by atoms with Crippen LogP contribution in [0.3, 0.4) is 0 Å². The monoisotopic (exact) mass is 526 g/mol. The van der Waals surface area contributed by atoms with Gasteiger partial charge in [0.15, 0.2) is 0 Å². The minimum atomic E-state index is -4.75. The molecule has 2 aromatic carbocycles. The van der Waals surface area contributed by atoms with Crippen LogP contribution >= 0.6 is 23.2 Å². The number of benzene rings is 2. The first-order chi connectivity index (χ1) is 16.2. The fourth-order valence-corrected chi connectivity index (χ4v) is 3.90. The van der Waals surface area contributed by atoms with Crippen molar-refractivity contribution in [1.82, 2.24) is 9.88 Å². The van der Waals surface area contributed by atoms with E-state index < -0.39 is 28.7 Å². The third-order valence-corrected chi connectivity index (χ3v) is 5.95. The Balaban J connectivity index is 1.91. The first-order valence-corrected chi connectivity index (χ1v) is 11.6. The van der Waals surface area contributed by atoms with E-state index in [-0.39, 0.29) is 29.1 Å². The van der Waals surface area contributed by atoms with Gasteiger partial charge in [-0.05, 0) is 52.8 Å². The third-order valence-electron chi connectivity index (χ3n) is 5.47. The molecule has 35 heavy (non-hydrogen) atoms. The fourth-order valence-electron chi connectivity index (χ4n) is 3.49. The van der Waals surface area contributed by atoms with E-state index in [1.807, 2.05) is 24.3 Å². The molecule has 0 aliphatic rings. The molecule has 3 rings (SSSR count). The van der Waals surface area contributed by atoms with Crippen LogP contribution in [0, 0.1) is 5.82 Å².